The first-order valence-electron chi connectivity index (χ1n) is 8.84. The van der Waals surface area contributed by atoms with E-state index in [-0.39, 0.29) is 10.8 Å². The molecule has 26 heavy (non-hydrogen) atoms. The molecule has 4 heteroatoms. The quantitative estimate of drug-likeness (QED) is 0.522. The standard InChI is InChI=1S/C22H20ClFN2/c1-14-4-3-5-19(16-9-11-26-18(12-16)8-10-25-26)22(15(14)2)17-6-7-21(24)20(23)13-17/h3,5-15H,4H2,1-2H3. The fourth-order valence-corrected chi connectivity index (χ4v) is 3.83. The van der Waals surface area contributed by atoms with Crippen LogP contribution in [-0.4, -0.2) is 9.61 Å². The van der Waals surface area contributed by atoms with Gasteiger partial charge in [-0.25, -0.2) is 8.91 Å². The van der Waals surface area contributed by atoms with Crippen LogP contribution >= 0.6 is 11.6 Å². The van der Waals surface area contributed by atoms with Gasteiger partial charge in [-0.15, -0.1) is 0 Å². The van der Waals surface area contributed by atoms with E-state index in [1.54, 1.807) is 12.3 Å². The lowest BCUT2D eigenvalue weighted by Gasteiger charge is -2.23. The first kappa shape index (κ1) is 17.0. The summed E-state index contributed by atoms with van der Waals surface area (Å²) in [6.45, 7) is 4.49. The van der Waals surface area contributed by atoms with Crippen molar-refractivity contribution in [3.63, 3.8) is 0 Å². The fraction of sp³-hybridized carbons (Fsp3) is 0.227. The van der Waals surface area contributed by atoms with Crippen molar-refractivity contribution >= 4 is 28.3 Å². The summed E-state index contributed by atoms with van der Waals surface area (Å²) >= 11 is 6.09. The van der Waals surface area contributed by atoms with Crippen LogP contribution in [0.15, 0.2) is 60.9 Å². The van der Waals surface area contributed by atoms with E-state index in [2.05, 4.69) is 43.2 Å². The van der Waals surface area contributed by atoms with Gasteiger partial charge in [-0.3, -0.25) is 0 Å². The molecule has 1 aromatic carbocycles. The Balaban J connectivity index is 1.96. The van der Waals surface area contributed by atoms with Crippen LogP contribution in [0.25, 0.3) is 16.7 Å². The maximum absolute atomic E-state index is 13.7. The van der Waals surface area contributed by atoms with Gasteiger partial charge in [-0.1, -0.05) is 43.7 Å². The minimum atomic E-state index is -0.386. The van der Waals surface area contributed by atoms with Crippen LogP contribution in [0, 0.1) is 17.7 Å². The second kappa shape index (κ2) is 6.73. The highest BCUT2D eigenvalue weighted by atomic mass is 35.5. The molecular weight excluding hydrogens is 347 g/mol. The minimum absolute atomic E-state index is 0.161. The molecule has 1 aliphatic carbocycles. The normalized spacial score (nSPS) is 20.6. The Bertz CT molecular complexity index is 1030. The van der Waals surface area contributed by atoms with Gasteiger partial charge in [-0.05, 0) is 70.9 Å². The zero-order valence-electron chi connectivity index (χ0n) is 14.8. The van der Waals surface area contributed by atoms with E-state index in [0.29, 0.717) is 11.8 Å². The molecule has 0 saturated carbocycles. The van der Waals surface area contributed by atoms with Crippen molar-refractivity contribution in [2.24, 2.45) is 11.8 Å². The van der Waals surface area contributed by atoms with Gasteiger partial charge < -0.3 is 0 Å². The van der Waals surface area contributed by atoms with Crippen molar-refractivity contribution in [2.75, 3.05) is 0 Å². The van der Waals surface area contributed by atoms with E-state index in [4.69, 9.17) is 11.6 Å². The molecule has 2 aromatic heterocycles. The number of rotatable bonds is 2. The van der Waals surface area contributed by atoms with Gasteiger partial charge >= 0.3 is 0 Å². The van der Waals surface area contributed by atoms with Crippen LogP contribution in [0.4, 0.5) is 4.39 Å². The number of aromatic nitrogens is 2. The summed E-state index contributed by atoms with van der Waals surface area (Å²) in [5, 5.41) is 4.43. The summed E-state index contributed by atoms with van der Waals surface area (Å²) in [6.07, 6.45) is 9.20. The molecule has 0 spiro atoms. The monoisotopic (exact) mass is 366 g/mol. The van der Waals surface area contributed by atoms with E-state index >= 15 is 0 Å². The maximum atomic E-state index is 13.7. The Morgan fingerprint density at radius 3 is 2.77 bits per heavy atom. The minimum Gasteiger partial charge on any atom is -0.241 e. The van der Waals surface area contributed by atoms with Crippen LogP contribution in [0.2, 0.25) is 5.02 Å². The Kier molecular flexibility index (Phi) is 4.41. The Hall–Kier alpha value is -2.39. The molecule has 0 bridgehead atoms. The maximum Gasteiger partial charge on any atom is 0.141 e. The Labute approximate surface area is 157 Å². The van der Waals surface area contributed by atoms with Crippen LogP contribution in [0.1, 0.15) is 31.4 Å². The van der Waals surface area contributed by atoms with E-state index in [0.717, 1.165) is 28.6 Å². The average molecular weight is 367 g/mol. The van der Waals surface area contributed by atoms with Crippen molar-refractivity contribution in [1.29, 1.82) is 0 Å². The van der Waals surface area contributed by atoms with Gasteiger partial charge in [0.15, 0.2) is 0 Å². The number of hydrogen-bond donors (Lipinski definition) is 0. The zero-order chi connectivity index (χ0) is 18.3. The smallest absolute Gasteiger partial charge is 0.141 e. The summed E-state index contributed by atoms with van der Waals surface area (Å²) in [6, 6.07) is 11.2. The first-order chi connectivity index (χ1) is 12.5. The lowest BCUT2D eigenvalue weighted by molar-refractivity contribution is 0.481. The molecule has 132 valence electrons. The van der Waals surface area contributed by atoms with Crippen molar-refractivity contribution < 1.29 is 4.39 Å². The van der Waals surface area contributed by atoms with Gasteiger partial charge in [0.25, 0.3) is 0 Å². The fourth-order valence-electron chi connectivity index (χ4n) is 3.65. The predicted octanol–water partition coefficient (Wildman–Crippen LogP) is 6.27. The summed E-state index contributed by atoms with van der Waals surface area (Å²) in [4.78, 5) is 0. The number of hydrogen-bond acceptors (Lipinski definition) is 1. The predicted molar refractivity (Wildman–Crippen MR) is 106 cm³/mol. The number of allylic oxidation sites excluding steroid dienone is 4. The largest absolute Gasteiger partial charge is 0.241 e. The molecule has 4 rings (SSSR count). The topological polar surface area (TPSA) is 17.3 Å². The van der Waals surface area contributed by atoms with Crippen molar-refractivity contribution in [2.45, 2.75) is 20.3 Å². The SMILES string of the molecule is CC1CC=CC(c2ccn3nccc3c2)=C(c2ccc(F)c(Cl)c2)C1C. The third-order valence-corrected chi connectivity index (χ3v) is 5.62. The highest BCUT2D eigenvalue weighted by molar-refractivity contribution is 6.31. The third kappa shape index (κ3) is 2.97. The Morgan fingerprint density at radius 1 is 1.12 bits per heavy atom. The molecule has 0 radical (unpaired) electrons. The van der Waals surface area contributed by atoms with Crippen LogP contribution < -0.4 is 0 Å². The molecule has 2 nitrogen and oxygen atoms in total. The third-order valence-electron chi connectivity index (χ3n) is 5.33. The summed E-state index contributed by atoms with van der Waals surface area (Å²) in [5.41, 5.74) is 5.52. The highest BCUT2D eigenvalue weighted by Gasteiger charge is 2.24. The Morgan fingerprint density at radius 2 is 1.96 bits per heavy atom. The number of benzene rings is 1. The van der Waals surface area contributed by atoms with Gasteiger partial charge in [-0.2, -0.15) is 5.10 Å². The van der Waals surface area contributed by atoms with E-state index in [1.807, 2.05) is 22.8 Å². The summed E-state index contributed by atoms with van der Waals surface area (Å²) in [7, 11) is 0. The molecule has 0 saturated heterocycles. The second-order valence-corrected chi connectivity index (χ2v) is 7.38. The molecule has 3 aromatic rings. The number of pyridine rings is 1. The number of halogens is 2. The molecule has 2 heterocycles. The summed E-state index contributed by atoms with van der Waals surface area (Å²) in [5.74, 6) is 0.423. The molecule has 0 aliphatic heterocycles. The summed E-state index contributed by atoms with van der Waals surface area (Å²) < 4.78 is 15.6. The van der Waals surface area contributed by atoms with Gasteiger partial charge in [0.1, 0.15) is 5.82 Å². The van der Waals surface area contributed by atoms with E-state index in [9.17, 15) is 4.39 Å². The molecule has 2 atom stereocenters. The number of nitrogens with zero attached hydrogens (tertiary/aromatic N) is 2. The highest BCUT2D eigenvalue weighted by Crippen LogP contribution is 2.41. The van der Waals surface area contributed by atoms with Gasteiger partial charge in [0, 0.05) is 12.4 Å². The zero-order valence-corrected chi connectivity index (χ0v) is 15.5. The van der Waals surface area contributed by atoms with Gasteiger partial charge in [0.05, 0.1) is 10.5 Å². The molecule has 0 amide bonds. The number of fused-ring (bicyclic) bond motifs is 1. The lowest BCUT2D eigenvalue weighted by Crippen LogP contribution is -2.10. The van der Waals surface area contributed by atoms with E-state index < -0.39 is 0 Å². The van der Waals surface area contributed by atoms with Crippen molar-refractivity contribution in [3.8, 4) is 0 Å². The molecule has 0 N–H and O–H groups in total. The first-order valence-corrected chi connectivity index (χ1v) is 9.22. The van der Waals surface area contributed by atoms with Gasteiger partial charge in [0.2, 0.25) is 0 Å². The lowest BCUT2D eigenvalue weighted by atomic mass is 9.81. The van der Waals surface area contributed by atoms with Crippen LogP contribution in [0.5, 0.6) is 0 Å². The van der Waals surface area contributed by atoms with Crippen LogP contribution in [0.3, 0.4) is 0 Å². The molecule has 1 aliphatic rings. The molecule has 2 unspecified atom stereocenters. The second-order valence-electron chi connectivity index (χ2n) is 6.98. The van der Waals surface area contributed by atoms with Crippen molar-refractivity contribution in [1.82, 2.24) is 9.61 Å². The average Bonchev–Trinajstić information content (AvgIpc) is 3.05. The molecular formula is C22H20ClFN2. The molecule has 0 fully saturated rings. The van der Waals surface area contributed by atoms with Crippen molar-refractivity contribution in [3.05, 3.63) is 82.9 Å². The van der Waals surface area contributed by atoms with E-state index in [1.165, 1.54) is 11.6 Å². The van der Waals surface area contributed by atoms with Crippen LogP contribution in [-0.2, 0) is 0 Å².